The molecular weight excluding hydrogens is 348 g/mol. The monoisotopic (exact) mass is 374 g/mol. The molecule has 0 unspecified atom stereocenters. The van der Waals surface area contributed by atoms with E-state index < -0.39 is 11.5 Å². The number of urea groups is 1. The van der Waals surface area contributed by atoms with Crippen LogP contribution in [0.5, 0.6) is 0 Å². The lowest BCUT2D eigenvalue weighted by Crippen LogP contribution is -2.45. The largest absolute Gasteiger partial charge is 0.481 e. The maximum atomic E-state index is 12.1. The standard InChI is InChI=1S/C19H26N4O4/c1-12(2)17-21-15(27-23-17)11-13-5-7-14(8-6-13)20-18(26)22-19(3,4)10-9-16(24)25/h5-8,12H,9-11H2,1-4H3,(H,24,25)(H2,20,22,26). The second-order valence-corrected chi connectivity index (χ2v) is 7.43. The molecule has 27 heavy (non-hydrogen) atoms. The summed E-state index contributed by atoms with van der Waals surface area (Å²) in [7, 11) is 0. The molecule has 0 aliphatic carbocycles. The number of rotatable bonds is 8. The Morgan fingerprint density at radius 3 is 2.44 bits per heavy atom. The number of carboxylic acid groups (broad SMARTS) is 1. The first kappa shape index (κ1) is 20.4. The van der Waals surface area contributed by atoms with Gasteiger partial charge in [0, 0.05) is 23.6 Å². The van der Waals surface area contributed by atoms with Crippen LogP contribution < -0.4 is 10.6 Å². The number of hydrogen-bond acceptors (Lipinski definition) is 5. The molecule has 2 amide bonds. The molecule has 0 saturated heterocycles. The Hall–Kier alpha value is -2.90. The van der Waals surface area contributed by atoms with Gasteiger partial charge in [0.1, 0.15) is 0 Å². The zero-order valence-electron chi connectivity index (χ0n) is 16.1. The fourth-order valence-electron chi connectivity index (χ4n) is 2.41. The summed E-state index contributed by atoms with van der Waals surface area (Å²) < 4.78 is 5.24. The zero-order chi connectivity index (χ0) is 20.0. The number of carbonyl (C=O) groups excluding carboxylic acids is 1. The van der Waals surface area contributed by atoms with E-state index in [-0.39, 0.29) is 18.4 Å². The van der Waals surface area contributed by atoms with Crippen molar-refractivity contribution in [1.29, 1.82) is 0 Å². The molecule has 8 heteroatoms. The number of nitrogens with zero attached hydrogens (tertiary/aromatic N) is 2. The van der Waals surface area contributed by atoms with Crippen LogP contribution in [0.2, 0.25) is 0 Å². The number of anilines is 1. The van der Waals surface area contributed by atoms with Crippen LogP contribution in [-0.2, 0) is 11.2 Å². The number of carboxylic acids is 1. The molecule has 146 valence electrons. The number of amides is 2. The second-order valence-electron chi connectivity index (χ2n) is 7.43. The lowest BCUT2D eigenvalue weighted by Gasteiger charge is -2.25. The Bertz CT molecular complexity index is 781. The van der Waals surface area contributed by atoms with Crippen LogP contribution in [0.15, 0.2) is 28.8 Å². The van der Waals surface area contributed by atoms with Crippen molar-refractivity contribution in [1.82, 2.24) is 15.5 Å². The Labute approximate surface area is 158 Å². The summed E-state index contributed by atoms with van der Waals surface area (Å²) in [6.45, 7) is 7.58. The summed E-state index contributed by atoms with van der Waals surface area (Å²) in [5.74, 6) is 0.567. The molecule has 0 bridgehead atoms. The van der Waals surface area contributed by atoms with E-state index in [0.717, 1.165) is 5.56 Å². The van der Waals surface area contributed by atoms with Crippen molar-refractivity contribution in [3.63, 3.8) is 0 Å². The molecule has 8 nitrogen and oxygen atoms in total. The highest BCUT2D eigenvalue weighted by Crippen LogP contribution is 2.16. The normalized spacial score (nSPS) is 11.4. The number of aliphatic carboxylic acids is 1. The fraction of sp³-hybridized carbons (Fsp3) is 0.474. The third kappa shape index (κ3) is 6.73. The number of hydrogen-bond donors (Lipinski definition) is 3. The average Bonchev–Trinajstić information content (AvgIpc) is 3.03. The van der Waals surface area contributed by atoms with E-state index in [4.69, 9.17) is 9.63 Å². The second kappa shape index (κ2) is 8.66. The minimum absolute atomic E-state index is 0.00380. The summed E-state index contributed by atoms with van der Waals surface area (Å²) in [5.41, 5.74) is 1.01. The van der Waals surface area contributed by atoms with Crippen molar-refractivity contribution in [2.24, 2.45) is 0 Å². The topological polar surface area (TPSA) is 117 Å². The predicted molar refractivity (Wildman–Crippen MR) is 101 cm³/mol. The van der Waals surface area contributed by atoms with Crippen LogP contribution in [0, 0.1) is 0 Å². The fourth-order valence-corrected chi connectivity index (χ4v) is 2.41. The van der Waals surface area contributed by atoms with E-state index in [1.165, 1.54) is 0 Å². The van der Waals surface area contributed by atoms with Gasteiger partial charge in [-0.15, -0.1) is 0 Å². The van der Waals surface area contributed by atoms with Crippen LogP contribution in [-0.4, -0.2) is 32.8 Å². The summed E-state index contributed by atoms with van der Waals surface area (Å²) >= 11 is 0. The van der Waals surface area contributed by atoms with Gasteiger partial charge in [0.25, 0.3) is 0 Å². The molecule has 2 rings (SSSR count). The van der Waals surface area contributed by atoms with E-state index >= 15 is 0 Å². The highest BCUT2D eigenvalue weighted by molar-refractivity contribution is 5.89. The molecule has 3 N–H and O–H groups in total. The van der Waals surface area contributed by atoms with E-state index in [1.807, 2.05) is 26.0 Å². The lowest BCUT2D eigenvalue weighted by molar-refractivity contribution is -0.137. The van der Waals surface area contributed by atoms with E-state index in [2.05, 4.69) is 20.8 Å². The minimum atomic E-state index is -0.886. The third-order valence-electron chi connectivity index (χ3n) is 3.98. The van der Waals surface area contributed by atoms with E-state index in [1.54, 1.807) is 26.0 Å². The van der Waals surface area contributed by atoms with Gasteiger partial charge in [-0.1, -0.05) is 31.1 Å². The van der Waals surface area contributed by atoms with Gasteiger partial charge < -0.3 is 20.3 Å². The Morgan fingerprint density at radius 2 is 1.89 bits per heavy atom. The van der Waals surface area contributed by atoms with Gasteiger partial charge in [0.2, 0.25) is 5.89 Å². The number of aromatic nitrogens is 2. The number of nitrogens with one attached hydrogen (secondary N) is 2. The summed E-state index contributed by atoms with van der Waals surface area (Å²) in [5, 5.41) is 18.2. The Kier molecular flexibility index (Phi) is 6.55. The quantitative estimate of drug-likeness (QED) is 0.650. The van der Waals surface area contributed by atoms with Crippen molar-refractivity contribution in [2.75, 3.05) is 5.32 Å². The van der Waals surface area contributed by atoms with Crippen molar-refractivity contribution < 1.29 is 19.2 Å². The molecule has 0 radical (unpaired) electrons. The predicted octanol–water partition coefficient (Wildman–Crippen LogP) is 3.55. The van der Waals surface area contributed by atoms with Gasteiger partial charge in [-0.05, 0) is 38.0 Å². The van der Waals surface area contributed by atoms with Crippen molar-refractivity contribution in [3.05, 3.63) is 41.5 Å². The Morgan fingerprint density at radius 1 is 1.22 bits per heavy atom. The maximum Gasteiger partial charge on any atom is 0.319 e. The molecule has 0 fully saturated rings. The van der Waals surface area contributed by atoms with Crippen LogP contribution in [0.4, 0.5) is 10.5 Å². The van der Waals surface area contributed by atoms with Crippen molar-refractivity contribution in [3.8, 4) is 0 Å². The molecule has 0 aliphatic heterocycles. The maximum absolute atomic E-state index is 12.1. The van der Waals surface area contributed by atoms with Crippen LogP contribution >= 0.6 is 0 Å². The average molecular weight is 374 g/mol. The molecule has 0 aliphatic rings. The van der Waals surface area contributed by atoms with Gasteiger partial charge in [0.05, 0.1) is 6.42 Å². The zero-order valence-corrected chi connectivity index (χ0v) is 16.1. The Balaban J connectivity index is 1.89. The highest BCUT2D eigenvalue weighted by atomic mass is 16.5. The van der Waals surface area contributed by atoms with Gasteiger partial charge in [-0.2, -0.15) is 4.98 Å². The molecule has 0 spiro atoms. The van der Waals surface area contributed by atoms with E-state index in [0.29, 0.717) is 30.2 Å². The van der Waals surface area contributed by atoms with Gasteiger partial charge in [-0.3, -0.25) is 4.79 Å². The summed E-state index contributed by atoms with van der Waals surface area (Å²) in [6.07, 6.45) is 0.863. The minimum Gasteiger partial charge on any atom is -0.481 e. The summed E-state index contributed by atoms with van der Waals surface area (Å²) in [6, 6.07) is 6.96. The number of benzene rings is 1. The molecule has 1 aromatic carbocycles. The molecule has 0 saturated carbocycles. The van der Waals surface area contributed by atoms with Crippen LogP contribution in [0.25, 0.3) is 0 Å². The third-order valence-corrected chi connectivity index (χ3v) is 3.98. The van der Waals surface area contributed by atoms with Gasteiger partial charge >= 0.3 is 12.0 Å². The van der Waals surface area contributed by atoms with E-state index in [9.17, 15) is 9.59 Å². The molecule has 0 atom stereocenters. The molecular formula is C19H26N4O4. The molecule has 1 aromatic heterocycles. The highest BCUT2D eigenvalue weighted by Gasteiger charge is 2.21. The first-order chi connectivity index (χ1) is 12.6. The molecule has 2 aromatic rings. The first-order valence-corrected chi connectivity index (χ1v) is 8.87. The van der Waals surface area contributed by atoms with Crippen molar-refractivity contribution in [2.45, 2.75) is 58.4 Å². The SMILES string of the molecule is CC(C)c1noc(Cc2ccc(NC(=O)NC(C)(C)CCC(=O)O)cc2)n1. The van der Waals surface area contributed by atoms with Crippen LogP contribution in [0.3, 0.4) is 0 Å². The van der Waals surface area contributed by atoms with Gasteiger partial charge in [-0.25, -0.2) is 4.79 Å². The summed E-state index contributed by atoms with van der Waals surface area (Å²) in [4.78, 5) is 27.1. The van der Waals surface area contributed by atoms with Gasteiger partial charge in [0.15, 0.2) is 5.82 Å². The van der Waals surface area contributed by atoms with Crippen LogP contribution in [0.1, 0.15) is 63.7 Å². The number of carbonyl (C=O) groups is 2. The van der Waals surface area contributed by atoms with Crippen molar-refractivity contribution >= 4 is 17.7 Å². The first-order valence-electron chi connectivity index (χ1n) is 8.87. The molecule has 1 heterocycles. The smallest absolute Gasteiger partial charge is 0.319 e. The lowest BCUT2D eigenvalue weighted by atomic mass is 9.99.